The molecule has 30 heavy (non-hydrogen) atoms. The van der Waals surface area contributed by atoms with Gasteiger partial charge in [-0.15, -0.1) is 0 Å². The molecule has 1 aromatic carbocycles. The van der Waals surface area contributed by atoms with Crippen LogP contribution in [-0.2, 0) is 4.79 Å². The first kappa shape index (κ1) is 22.6. The van der Waals surface area contributed by atoms with Crippen LogP contribution in [0.15, 0.2) is 54.7 Å². The number of nitrogens with two attached hydrogens (primary N) is 1. The molecule has 1 unspecified atom stereocenters. The van der Waals surface area contributed by atoms with Gasteiger partial charge in [0.1, 0.15) is 5.82 Å². The normalized spacial score (nSPS) is 16.0. The van der Waals surface area contributed by atoms with Crippen molar-refractivity contribution in [1.82, 2.24) is 15.2 Å². The lowest BCUT2D eigenvalue weighted by Gasteiger charge is -2.44. The zero-order valence-corrected chi connectivity index (χ0v) is 18.9. The van der Waals surface area contributed by atoms with E-state index in [1.807, 2.05) is 35.2 Å². The van der Waals surface area contributed by atoms with Gasteiger partial charge in [-0.05, 0) is 36.3 Å². The monoisotopic (exact) mass is 483 g/mol. The molecule has 0 spiro atoms. The van der Waals surface area contributed by atoms with Crippen molar-refractivity contribution < 1.29 is 4.79 Å². The lowest BCUT2D eigenvalue weighted by atomic mass is 10.2. The number of hydrogen-bond acceptors (Lipinski definition) is 4. The minimum atomic E-state index is -1.81. The number of benzene rings is 1. The summed E-state index contributed by atoms with van der Waals surface area (Å²) in [5.74, 6) is 0.195. The molecule has 0 saturated carbocycles. The van der Waals surface area contributed by atoms with Crippen LogP contribution in [0.5, 0.6) is 0 Å². The van der Waals surface area contributed by atoms with E-state index in [9.17, 15) is 4.79 Å². The summed E-state index contributed by atoms with van der Waals surface area (Å²) in [6, 6.07) is 12.8. The van der Waals surface area contributed by atoms with Crippen LogP contribution in [0, 0.1) is 0 Å². The van der Waals surface area contributed by atoms with Gasteiger partial charge in [0.15, 0.2) is 11.3 Å². The molecule has 3 rings (SSSR count). The number of carbonyl (C=O) groups is 1. The molecule has 158 valence electrons. The standard InChI is InChI=1S/C20H20Cl3N5OS/c21-20(22,23)18(26-17(29)8-7-14-5-2-1-3-6-14)28-12-4-11-27(19(28)30)16-13-15(24)9-10-25-16/h1-3,5-10,13,18H,4,11-12H2,(H2,24,25)(H,26,29)/b8-7+. The van der Waals surface area contributed by atoms with Gasteiger partial charge in [0.05, 0.1) is 0 Å². The molecule has 3 N–H and O–H groups in total. The van der Waals surface area contributed by atoms with E-state index in [0.29, 0.717) is 29.7 Å². The minimum Gasteiger partial charge on any atom is -0.399 e. The number of anilines is 2. The summed E-state index contributed by atoms with van der Waals surface area (Å²) >= 11 is 24.3. The Labute approximate surface area is 195 Å². The third-order valence-corrected chi connectivity index (χ3v) is 5.51. The van der Waals surface area contributed by atoms with Crippen LogP contribution >= 0.6 is 47.0 Å². The van der Waals surface area contributed by atoms with Gasteiger partial charge in [-0.1, -0.05) is 65.1 Å². The molecule has 1 aliphatic rings. The molecule has 2 heterocycles. The highest BCUT2D eigenvalue weighted by molar-refractivity contribution is 7.80. The SMILES string of the molecule is Nc1ccnc(N2CCCN(C(NC(=O)/C=C/c3ccccc3)C(Cl)(Cl)Cl)C2=S)c1. The topological polar surface area (TPSA) is 74.5 Å². The predicted molar refractivity (Wildman–Crippen MR) is 128 cm³/mol. The Kier molecular flexibility index (Phi) is 7.41. The molecule has 0 aliphatic carbocycles. The van der Waals surface area contributed by atoms with Crippen molar-refractivity contribution in [3.63, 3.8) is 0 Å². The fraction of sp³-hybridized carbons (Fsp3) is 0.250. The second-order valence-corrected chi connectivity index (χ2v) is 9.36. The fourth-order valence-electron chi connectivity index (χ4n) is 3.03. The summed E-state index contributed by atoms with van der Waals surface area (Å²) in [6.45, 7) is 1.15. The Morgan fingerprint density at radius 1 is 1.23 bits per heavy atom. The van der Waals surface area contributed by atoms with E-state index in [2.05, 4.69) is 10.3 Å². The lowest BCUT2D eigenvalue weighted by Crippen LogP contribution is -2.62. The van der Waals surface area contributed by atoms with Gasteiger partial charge in [-0.25, -0.2) is 4.98 Å². The summed E-state index contributed by atoms with van der Waals surface area (Å²) < 4.78 is -1.81. The van der Waals surface area contributed by atoms with Crippen molar-refractivity contribution in [3.8, 4) is 0 Å². The molecule has 10 heteroatoms. The highest BCUT2D eigenvalue weighted by atomic mass is 35.6. The fourth-order valence-corrected chi connectivity index (χ4v) is 3.93. The zero-order chi connectivity index (χ0) is 21.7. The van der Waals surface area contributed by atoms with Crippen LogP contribution < -0.4 is 16.0 Å². The molecule has 1 amide bonds. The number of aromatic nitrogens is 1. The van der Waals surface area contributed by atoms with Crippen molar-refractivity contribution in [2.75, 3.05) is 23.7 Å². The number of hydrogen-bond donors (Lipinski definition) is 2. The summed E-state index contributed by atoms with van der Waals surface area (Å²) in [5, 5.41) is 3.15. The largest absolute Gasteiger partial charge is 0.399 e. The summed E-state index contributed by atoms with van der Waals surface area (Å²) in [4.78, 5) is 20.4. The van der Waals surface area contributed by atoms with Gasteiger partial charge in [0.25, 0.3) is 0 Å². The maximum atomic E-state index is 12.5. The molecule has 0 radical (unpaired) electrons. The lowest BCUT2D eigenvalue weighted by molar-refractivity contribution is -0.117. The molecule has 1 atom stereocenters. The molecular weight excluding hydrogens is 465 g/mol. The molecule has 6 nitrogen and oxygen atoms in total. The van der Waals surface area contributed by atoms with Gasteiger partial charge < -0.3 is 20.9 Å². The number of nitrogens with zero attached hydrogens (tertiary/aromatic N) is 3. The second-order valence-electron chi connectivity index (χ2n) is 6.63. The Morgan fingerprint density at radius 2 is 1.97 bits per heavy atom. The molecule has 1 fully saturated rings. The number of rotatable bonds is 5. The Bertz CT molecular complexity index is 936. The zero-order valence-electron chi connectivity index (χ0n) is 15.8. The van der Waals surface area contributed by atoms with Crippen LogP contribution in [-0.4, -0.2) is 44.0 Å². The van der Waals surface area contributed by atoms with Gasteiger partial charge in [-0.2, -0.15) is 0 Å². The van der Waals surface area contributed by atoms with Crippen LogP contribution in [0.25, 0.3) is 6.08 Å². The Balaban J connectivity index is 1.78. The van der Waals surface area contributed by atoms with Crippen molar-refractivity contribution in [3.05, 3.63) is 60.3 Å². The predicted octanol–water partition coefficient (Wildman–Crippen LogP) is 3.99. The third-order valence-electron chi connectivity index (χ3n) is 4.43. The van der Waals surface area contributed by atoms with Gasteiger partial charge in [0, 0.05) is 37.1 Å². The summed E-state index contributed by atoms with van der Waals surface area (Å²) in [6.07, 6.45) is 4.44. The number of halogens is 3. The number of alkyl halides is 3. The van der Waals surface area contributed by atoms with Gasteiger partial charge >= 0.3 is 0 Å². The number of carbonyl (C=O) groups excluding carboxylic acids is 1. The number of amides is 1. The molecule has 0 bridgehead atoms. The summed E-state index contributed by atoms with van der Waals surface area (Å²) in [7, 11) is 0. The van der Waals surface area contributed by atoms with Crippen LogP contribution in [0.1, 0.15) is 12.0 Å². The second kappa shape index (κ2) is 9.83. The average Bonchev–Trinajstić information content (AvgIpc) is 2.71. The number of pyridine rings is 1. The van der Waals surface area contributed by atoms with E-state index < -0.39 is 15.9 Å². The number of nitrogens with one attached hydrogen (secondary N) is 1. The molecule has 1 saturated heterocycles. The van der Waals surface area contributed by atoms with Crippen molar-refractivity contribution in [1.29, 1.82) is 0 Å². The van der Waals surface area contributed by atoms with E-state index in [-0.39, 0.29) is 0 Å². The van der Waals surface area contributed by atoms with E-state index in [1.165, 1.54) is 6.08 Å². The number of nitrogen functional groups attached to an aromatic ring is 1. The van der Waals surface area contributed by atoms with Crippen molar-refractivity contribution in [2.24, 2.45) is 0 Å². The van der Waals surface area contributed by atoms with E-state index in [4.69, 9.17) is 52.8 Å². The maximum absolute atomic E-state index is 12.5. The maximum Gasteiger partial charge on any atom is 0.245 e. The number of thiocarbonyl (C=S) groups is 1. The third kappa shape index (κ3) is 5.76. The van der Waals surface area contributed by atoms with E-state index in [0.717, 1.165) is 12.0 Å². The van der Waals surface area contributed by atoms with Gasteiger partial charge in [-0.3, -0.25) is 4.79 Å². The van der Waals surface area contributed by atoms with Crippen LogP contribution in [0.3, 0.4) is 0 Å². The van der Waals surface area contributed by atoms with Crippen molar-refractivity contribution >= 4 is 75.6 Å². The molecule has 1 aromatic heterocycles. The quantitative estimate of drug-likeness (QED) is 0.380. The molecular formula is C20H20Cl3N5OS. The van der Waals surface area contributed by atoms with Gasteiger partial charge in [0.2, 0.25) is 9.70 Å². The first-order valence-electron chi connectivity index (χ1n) is 9.16. The Hall–Kier alpha value is -2.06. The average molecular weight is 485 g/mol. The first-order valence-corrected chi connectivity index (χ1v) is 10.7. The molecule has 1 aliphatic heterocycles. The summed E-state index contributed by atoms with van der Waals surface area (Å²) in [5.41, 5.74) is 7.32. The smallest absolute Gasteiger partial charge is 0.245 e. The highest BCUT2D eigenvalue weighted by Gasteiger charge is 2.42. The minimum absolute atomic E-state index is 0.392. The van der Waals surface area contributed by atoms with Crippen LogP contribution in [0.2, 0.25) is 0 Å². The van der Waals surface area contributed by atoms with E-state index >= 15 is 0 Å². The first-order chi connectivity index (χ1) is 14.3. The molecule has 2 aromatic rings. The van der Waals surface area contributed by atoms with Crippen molar-refractivity contribution in [2.45, 2.75) is 16.4 Å². The highest BCUT2D eigenvalue weighted by Crippen LogP contribution is 2.34. The van der Waals surface area contributed by atoms with Crippen LogP contribution in [0.4, 0.5) is 11.5 Å². The Morgan fingerprint density at radius 3 is 2.63 bits per heavy atom. The van der Waals surface area contributed by atoms with E-state index in [1.54, 1.807) is 29.3 Å².